The number of aliphatic carboxylic acids is 1. The summed E-state index contributed by atoms with van der Waals surface area (Å²) < 4.78 is 11.9. The smallest absolute Gasteiger partial charge is 0.870 e. The maximum absolute atomic E-state index is 12.7. The maximum atomic E-state index is 12.7. The molecule has 296 valence electrons. The molecule has 0 atom stereocenters. The van der Waals surface area contributed by atoms with Crippen LogP contribution in [0.1, 0.15) is 54.4 Å². The van der Waals surface area contributed by atoms with Gasteiger partial charge in [-0.05, 0) is 42.0 Å². The van der Waals surface area contributed by atoms with Crippen molar-refractivity contribution in [1.29, 1.82) is 0 Å². The molecule has 2 aromatic heterocycles. The van der Waals surface area contributed by atoms with Gasteiger partial charge in [-0.2, -0.15) is 0 Å². The van der Waals surface area contributed by atoms with E-state index in [4.69, 9.17) is 14.9 Å². The van der Waals surface area contributed by atoms with Crippen LogP contribution in [0.5, 0.6) is 11.5 Å². The predicted molar refractivity (Wildman–Crippen MR) is 197 cm³/mol. The topological polar surface area (TPSA) is 300 Å². The molecule has 57 heavy (non-hydrogen) atoms. The van der Waals surface area contributed by atoms with E-state index in [-0.39, 0.29) is 71.3 Å². The number of aromatic hydroxyl groups is 2. The summed E-state index contributed by atoms with van der Waals surface area (Å²) in [6.45, 7) is -1.15. The van der Waals surface area contributed by atoms with Crippen molar-refractivity contribution in [3.63, 3.8) is 0 Å². The summed E-state index contributed by atoms with van der Waals surface area (Å²) in [5.74, 6) is -6.96. The molecule has 0 spiro atoms. The van der Waals surface area contributed by atoms with E-state index < -0.39 is 82.5 Å². The molecule has 0 fully saturated rings. The number of hydrogen-bond acceptors (Lipinski definition) is 13. The third kappa shape index (κ3) is 10.9. The van der Waals surface area contributed by atoms with Crippen LogP contribution < -0.4 is 40.6 Å². The van der Waals surface area contributed by atoms with Crippen LogP contribution in [0.15, 0.2) is 76.3 Å². The maximum Gasteiger partial charge on any atom is 1.00 e. The number of rotatable bonds is 10. The van der Waals surface area contributed by atoms with E-state index in [1.807, 2.05) is 11.4 Å². The predicted octanol–water partition coefficient (Wildman–Crippen LogP) is -1.28. The van der Waals surface area contributed by atoms with Gasteiger partial charge >= 0.3 is 42.7 Å². The van der Waals surface area contributed by atoms with Crippen LogP contribution in [0.25, 0.3) is 21.8 Å². The molecule has 20 heteroatoms. The largest absolute Gasteiger partial charge is 1.00 e. The molecule has 0 aliphatic carbocycles. The molecular weight excluding hydrogens is 747 g/mol. The number of ether oxygens (including phenoxy) is 2. The van der Waals surface area contributed by atoms with Crippen LogP contribution in [0.4, 0.5) is 0 Å². The van der Waals surface area contributed by atoms with Crippen molar-refractivity contribution in [2.75, 3.05) is 20.2 Å². The van der Waals surface area contributed by atoms with Gasteiger partial charge in [-0.3, -0.25) is 28.8 Å². The Morgan fingerprint density at radius 1 is 0.702 bits per heavy atom. The first kappa shape index (κ1) is 48.1. The zero-order valence-corrected chi connectivity index (χ0v) is 30.2. The van der Waals surface area contributed by atoms with Gasteiger partial charge in [0.15, 0.2) is 0 Å². The number of methoxy groups -OCH3 is 1. The molecule has 0 saturated heterocycles. The summed E-state index contributed by atoms with van der Waals surface area (Å²) >= 11 is 0. The molecule has 5 aromatic rings. The van der Waals surface area contributed by atoms with E-state index in [0.29, 0.717) is 0 Å². The van der Waals surface area contributed by atoms with Crippen LogP contribution in [-0.2, 0) is 39.8 Å². The molecule has 0 aliphatic rings. The zero-order valence-electron chi connectivity index (χ0n) is 30.2. The average molecular weight is 785 g/mol. The minimum Gasteiger partial charge on any atom is -0.870 e. The standard InChI is InChI=1S/C22H20N2O7.C14H12N2O7.CH4.Li.H2O/c1-24-16-10-14(22(29)30-2)8-9-15(16)19(26)18(21(24)28)20(27)23-11-17(25)31-12-13-6-4-3-5-7-13;1-16-8-4-6(14(22)23)2-3-7(8)11(19)10(13(16)21)12(20)15-5-9(17)18;;;/h3-10,26H,11-12H2,1-2H3,(H,23,27);2-4,19H,5H2,1H3,(H,15,20)(H,17,18)(H,22,23);1H4;;1H2/q;;;+1;/p-1. The molecule has 0 saturated carbocycles. The number of carbonyl (C=O) groups excluding carboxylic acids is 4. The number of aromatic nitrogens is 2. The van der Waals surface area contributed by atoms with Crippen LogP contribution in [0.2, 0.25) is 0 Å². The number of fused-ring (bicyclic) bond motifs is 2. The second kappa shape index (κ2) is 20.7. The Hall–Kier alpha value is -6.94. The quantitative estimate of drug-likeness (QED) is 0.0710. The molecular formula is C37H37LiN4O15. The Balaban J connectivity index is 0.000000563. The van der Waals surface area contributed by atoms with Gasteiger partial charge in [-0.1, -0.05) is 37.8 Å². The number of pyridine rings is 2. The Labute approximate surface area is 334 Å². The Morgan fingerprint density at radius 3 is 1.61 bits per heavy atom. The first-order chi connectivity index (χ1) is 25.6. The molecule has 0 unspecified atom stereocenters. The number of amides is 2. The molecule has 2 heterocycles. The molecule has 5 rings (SSSR count). The van der Waals surface area contributed by atoms with E-state index in [1.54, 1.807) is 24.3 Å². The number of esters is 2. The number of carboxylic acids is 2. The minimum atomic E-state index is -1.30. The van der Waals surface area contributed by atoms with E-state index in [1.165, 1.54) is 57.6 Å². The molecule has 3 aromatic carbocycles. The fourth-order valence-electron chi connectivity index (χ4n) is 5.11. The van der Waals surface area contributed by atoms with Crippen LogP contribution in [0, 0.1) is 0 Å². The summed E-state index contributed by atoms with van der Waals surface area (Å²) in [7, 11) is 3.93. The summed E-state index contributed by atoms with van der Waals surface area (Å²) in [5, 5.41) is 42.7. The normalized spacial score (nSPS) is 9.95. The van der Waals surface area contributed by atoms with Gasteiger partial charge in [-0.25, -0.2) is 9.59 Å². The summed E-state index contributed by atoms with van der Waals surface area (Å²) in [4.78, 5) is 94.4. The first-order valence-corrected chi connectivity index (χ1v) is 15.6. The van der Waals surface area contributed by atoms with E-state index in [9.17, 15) is 48.6 Å². The molecule has 7 N–H and O–H groups in total. The van der Waals surface area contributed by atoms with E-state index in [0.717, 1.165) is 14.7 Å². The summed E-state index contributed by atoms with van der Waals surface area (Å²) in [5.41, 5.74) is -1.54. The number of aryl methyl sites for hydroxylation is 2. The Bertz CT molecular complexity index is 2460. The second-order valence-corrected chi connectivity index (χ2v) is 11.3. The van der Waals surface area contributed by atoms with Gasteiger partial charge in [0.05, 0.1) is 29.3 Å². The third-order valence-corrected chi connectivity index (χ3v) is 7.90. The molecule has 0 radical (unpaired) electrons. The average Bonchev–Trinajstić information content (AvgIpc) is 3.16. The van der Waals surface area contributed by atoms with Crippen LogP contribution in [0.3, 0.4) is 0 Å². The number of carbonyl (C=O) groups is 6. The van der Waals surface area contributed by atoms with Crippen molar-refractivity contribution in [1.82, 2.24) is 19.8 Å². The Morgan fingerprint density at radius 2 is 1.16 bits per heavy atom. The fraction of sp³-hybridized carbons (Fsp3) is 0.189. The third-order valence-electron chi connectivity index (χ3n) is 7.90. The molecule has 19 nitrogen and oxygen atoms in total. The summed E-state index contributed by atoms with van der Waals surface area (Å²) in [6.07, 6.45) is 0. The monoisotopic (exact) mass is 784 g/mol. The SMILES string of the molecule is C.COC(=O)c1ccc2c(O)c(C(=O)NCC(=O)OCc3ccccc3)c(=O)n(C)c2c1.Cn1c(=O)c(C(=O)NCC(=O)O)c(O)c2ccc(C(=O)O)cc21.[Li+].[OH-]. The second-order valence-electron chi connectivity index (χ2n) is 11.3. The number of nitrogens with one attached hydrogen (secondary N) is 2. The van der Waals surface area contributed by atoms with Gasteiger partial charge in [0.2, 0.25) is 0 Å². The number of aromatic carboxylic acids is 1. The molecule has 0 bridgehead atoms. The summed E-state index contributed by atoms with van der Waals surface area (Å²) in [6, 6.07) is 16.9. The van der Waals surface area contributed by atoms with Crippen molar-refractivity contribution < 1.29 is 83.0 Å². The van der Waals surface area contributed by atoms with Crippen LogP contribution >= 0.6 is 0 Å². The number of benzene rings is 3. The van der Waals surface area contributed by atoms with Crippen molar-refractivity contribution in [2.45, 2.75) is 14.0 Å². The Kier molecular flexibility index (Phi) is 17.4. The molecule has 2 amide bonds. The first-order valence-electron chi connectivity index (χ1n) is 15.6. The zero-order chi connectivity index (χ0) is 39.9. The number of carboxylic acid groups (broad SMARTS) is 2. The van der Waals surface area contributed by atoms with Gasteiger partial charge in [-0.15, -0.1) is 0 Å². The van der Waals surface area contributed by atoms with Crippen molar-refractivity contribution >= 4 is 57.5 Å². The fourth-order valence-corrected chi connectivity index (χ4v) is 5.11. The van der Waals surface area contributed by atoms with E-state index >= 15 is 0 Å². The van der Waals surface area contributed by atoms with Crippen molar-refractivity contribution in [3.05, 3.63) is 115 Å². The van der Waals surface area contributed by atoms with Crippen LogP contribution in [-0.4, -0.2) is 90.9 Å². The van der Waals surface area contributed by atoms with Crippen molar-refractivity contribution in [2.24, 2.45) is 14.1 Å². The minimum absolute atomic E-state index is 0. The van der Waals surface area contributed by atoms with E-state index in [2.05, 4.69) is 10.1 Å². The molecule has 0 aliphatic heterocycles. The number of hydrogen-bond donors (Lipinski definition) is 6. The van der Waals surface area contributed by atoms with Gasteiger partial charge < -0.3 is 55.1 Å². The van der Waals surface area contributed by atoms with Crippen molar-refractivity contribution in [3.8, 4) is 11.5 Å². The number of nitrogens with zero attached hydrogens (tertiary/aromatic N) is 2. The van der Waals surface area contributed by atoms with Gasteiger partial charge in [0.25, 0.3) is 22.9 Å². The van der Waals surface area contributed by atoms with Gasteiger partial charge in [0.1, 0.15) is 42.3 Å². The van der Waals surface area contributed by atoms with Gasteiger partial charge in [0, 0.05) is 24.9 Å².